The average Bonchev–Trinajstić information content (AvgIpc) is 3.56. The Morgan fingerprint density at radius 2 is 1.53 bits per heavy atom. The Bertz CT molecular complexity index is 868. The minimum absolute atomic E-state index is 0.121. The summed E-state index contributed by atoms with van der Waals surface area (Å²) >= 11 is 0. The van der Waals surface area contributed by atoms with Gasteiger partial charge in [-0.25, -0.2) is 0 Å². The zero-order valence-electron chi connectivity index (χ0n) is 18.9. The van der Waals surface area contributed by atoms with Gasteiger partial charge in [0.15, 0.2) is 0 Å². The molecule has 2 fully saturated rings. The summed E-state index contributed by atoms with van der Waals surface area (Å²) in [6, 6.07) is 17.0. The first-order valence-corrected chi connectivity index (χ1v) is 11.3. The van der Waals surface area contributed by atoms with Crippen molar-refractivity contribution in [1.82, 2.24) is 4.90 Å². The van der Waals surface area contributed by atoms with Crippen LogP contribution in [-0.2, 0) is 15.6 Å². The Morgan fingerprint density at radius 1 is 0.933 bits per heavy atom. The van der Waals surface area contributed by atoms with Gasteiger partial charge in [0.2, 0.25) is 5.91 Å². The van der Waals surface area contributed by atoms with Crippen LogP contribution in [0.3, 0.4) is 0 Å². The zero-order valence-corrected chi connectivity index (χ0v) is 18.9. The fourth-order valence-electron chi connectivity index (χ4n) is 4.39. The van der Waals surface area contributed by atoms with Crippen LogP contribution in [-0.4, -0.2) is 43.5 Å². The van der Waals surface area contributed by atoms with Gasteiger partial charge in [-0.15, -0.1) is 0 Å². The molecule has 160 valence electrons. The van der Waals surface area contributed by atoms with Gasteiger partial charge >= 0.3 is 0 Å². The lowest BCUT2D eigenvalue weighted by molar-refractivity contribution is -0.118. The van der Waals surface area contributed by atoms with Crippen molar-refractivity contribution in [1.29, 1.82) is 0 Å². The lowest BCUT2D eigenvalue weighted by atomic mass is 9.85. The van der Waals surface area contributed by atoms with Crippen molar-refractivity contribution in [2.24, 2.45) is 0 Å². The molecule has 4 rings (SSSR count). The molecule has 2 aliphatic rings. The molecule has 4 heteroatoms. The van der Waals surface area contributed by atoms with E-state index in [1.54, 1.807) is 0 Å². The minimum atomic E-state index is -0.356. The van der Waals surface area contributed by atoms with Gasteiger partial charge in [-0.2, -0.15) is 0 Å². The van der Waals surface area contributed by atoms with Crippen LogP contribution in [0.5, 0.6) is 0 Å². The highest BCUT2D eigenvalue weighted by molar-refractivity contribution is 6.01. The highest BCUT2D eigenvalue weighted by atomic mass is 16.2. The van der Waals surface area contributed by atoms with Gasteiger partial charge in [-0.1, -0.05) is 52.0 Å². The van der Waals surface area contributed by atoms with Crippen molar-refractivity contribution in [3.05, 3.63) is 59.7 Å². The lowest BCUT2D eigenvalue weighted by Gasteiger charge is -2.35. The van der Waals surface area contributed by atoms with E-state index in [2.05, 4.69) is 79.2 Å². The third kappa shape index (κ3) is 4.24. The monoisotopic (exact) mass is 405 g/mol. The number of nitrogens with zero attached hydrogens (tertiary/aromatic N) is 2. The van der Waals surface area contributed by atoms with Gasteiger partial charge in [-0.3, -0.25) is 4.79 Å². The maximum Gasteiger partial charge on any atom is 0.235 e. The van der Waals surface area contributed by atoms with E-state index in [0.29, 0.717) is 0 Å². The Balaban J connectivity index is 1.40. The molecule has 0 bridgehead atoms. The number of likely N-dealkylation sites (N-methyl/N-ethyl adjacent to an activating group) is 1. The number of carbonyl (C=O) groups is 1. The number of nitrogens with one attached hydrogen (secondary N) is 1. The molecule has 1 amide bonds. The van der Waals surface area contributed by atoms with Crippen molar-refractivity contribution >= 4 is 17.3 Å². The number of rotatable bonds is 5. The van der Waals surface area contributed by atoms with Crippen LogP contribution in [0.15, 0.2) is 48.5 Å². The molecule has 0 radical (unpaired) electrons. The summed E-state index contributed by atoms with van der Waals surface area (Å²) in [6.45, 7) is 14.4. The number of hydrogen-bond donors (Lipinski definition) is 1. The molecule has 1 aliphatic heterocycles. The molecule has 1 saturated carbocycles. The topological polar surface area (TPSA) is 35.6 Å². The summed E-state index contributed by atoms with van der Waals surface area (Å²) in [5, 5.41) is 3.17. The van der Waals surface area contributed by atoms with Gasteiger partial charge < -0.3 is 15.1 Å². The molecule has 1 heterocycles. The SMILES string of the molecule is CCN1CCN(c2ccc(NC(=O)C3(c4ccc(C(C)(C)C)cc4)CC3)cc2)CC1. The molecular weight excluding hydrogens is 370 g/mol. The van der Waals surface area contributed by atoms with Crippen LogP contribution in [0.4, 0.5) is 11.4 Å². The normalized spacial score (nSPS) is 18.9. The quantitative estimate of drug-likeness (QED) is 0.776. The van der Waals surface area contributed by atoms with E-state index in [4.69, 9.17) is 0 Å². The maximum absolute atomic E-state index is 13.1. The van der Waals surface area contributed by atoms with Crippen LogP contribution in [0.2, 0.25) is 0 Å². The van der Waals surface area contributed by atoms with E-state index in [1.807, 2.05) is 12.1 Å². The molecule has 4 nitrogen and oxygen atoms in total. The van der Waals surface area contributed by atoms with E-state index in [9.17, 15) is 4.79 Å². The lowest BCUT2D eigenvalue weighted by Crippen LogP contribution is -2.46. The molecule has 1 saturated heterocycles. The molecule has 2 aromatic rings. The van der Waals surface area contributed by atoms with Crippen LogP contribution >= 0.6 is 0 Å². The highest BCUT2D eigenvalue weighted by Crippen LogP contribution is 2.49. The first-order chi connectivity index (χ1) is 14.3. The second-order valence-electron chi connectivity index (χ2n) is 9.83. The van der Waals surface area contributed by atoms with E-state index < -0.39 is 0 Å². The van der Waals surface area contributed by atoms with Crippen LogP contribution in [0.1, 0.15) is 51.7 Å². The second kappa shape index (κ2) is 8.07. The third-order valence-corrected chi connectivity index (χ3v) is 6.80. The molecule has 0 aromatic heterocycles. The first kappa shape index (κ1) is 20.9. The number of hydrogen-bond acceptors (Lipinski definition) is 3. The average molecular weight is 406 g/mol. The number of anilines is 2. The fourth-order valence-corrected chi connectivity index (χ4v) is 4.39. The molecule has 0 unspecified atom stereocenters. The Hall–Kier alpha value is -2.33. The van der Waals surface area contributed by atoms with Crippen LogP contribution in [0.25, 0.3) is 0 Å². The predicted octanol–water partition coefficient (Wildman–Crippen LogP) is 4.80. The van der Waals surface area contributed by atoms with Gasteiger partial charge in [0.05, 0.1) is 5.41 Å². The summed E-state index contributed by atoms with van der Waals surface area (Å²) in [4.78, 5) is 18.0. The molecule has 1 N–H and O–H groups in total. The van der Waals surface area contributed by atoms with Crippen molar-refractivity contribution in [3.8, 4) is 0 Å². The van der Waals surface area contributed by atoms with Crippen molar-refractivity contribution in [3.63, 3.8) is 0 Å². The molecular formula is C26H35N3O. The first-order valence-electron chi connectivity index (χ1n) is 11.3. The molecule has 30 heavy (non-hydrogen) atoms. The second-order valence-corrected chi connectivity index (χ2v) is 9.83. The highest BCUT2D eigenvalue weighted by Gasteiger charge is 2.51. The zero-order chi connectivity index (χ0) is 21.4. The van der Waals surface area contributed by atoms with Gasteiger partial charge in [0.25, 0.3) is 0 Å². The predicted molar refractivity (Wildman–Crippen MR) is 125 cm³/mol. The number of benzene rings is 2. The smallest absolute Gasteiger partial charge is 0.235 e. The fraction of sp³-hybridized carbons (Fsp3) is 0.500. The summed E-state index contributed by atoms with van der Waals surface area (Å²) < 4.78 is 0. The Kier molecular flexibility index (Phi) is 5.63. The van der Waals surface area contributed by atoms with Crippen molar-refractivity contribution < 1.29 is 4.79 Å². The third-order valence-electron chi connectivity index (χ3n) is 6.80. The van der Waals surface area contributed by atoms with Crippen molar-refractivity contribution in [2.45, 2.75) is 51.4 Å². The number of carbonyl (C=O) groups excluding carboxylic acids is 1. The standard InChI is InChI=1S/C26H35N3O/c1-5-28-16-18-29(19-17-28)23-12-10-22(11-13-23)27-24(30)26(14-15-26)21-8-6-20(7-9-21)25(2,3)4/h6-13H,5,14-19H2,1-4H3,(H,27,30). The minimum Gasteiger partial charge on any atom is -0.369 e. The van der Waals surface area contributed by atoms with E-state index in [0.717, 1.165) is 56.8 Å². The largest absolute Gasteiger partial charge is 0.369 e. The van der Waals surface area contributed by atoms with Crippen molar-refractivity contribution in [2.75, 3.05) is 42.9 Å². The number of amides is 1. The summed E-state index contributed by atoms with van der Waals surface area (Å²) in [7, 11) is 0. The van der Waals surface area contributed by atoms with E-state index in [-0.39, 0.29) is 16.7 Å². The van der Waals surface area contributed by atoms with Gasteiger partial charge in [-0.05, 0) is 60.2 Å². The van der Waals surface area contributed by atoms with Crippen LogP contribution in [0, 0.1) is 0 Å². The van der Waals surface area contributed by atoms with Crippen LogP contribution < -0.4 is 10.2 Å². The Labute approximate surface area is 181 Å². The maximum atomic E-state index is 13.1. The number of piperazine rings is 1. The summed E-state index contributed by atoms with van der Waals surface area (Å²) in [5.74, 6) is 0.121. The Morgan fingerprint density at radius 3 is 2.03 bits per heavy atom. The summed E-state index contributed by atoms with van der Waals surface area (Å²) in [5.41, 5.74) is 4.33. The van der Waals surface area contributed by atoms with Gasteiger partial charge in [0, 0.05) is 37.6 Å². The molecule has 1 aliphatic carbocycles. The molecule has 0 atom stereocenters. The molecule has 0 spiro atoms. The molecule has 2 aromatic carbocycles. The summed E-state index contributed by atoms with van der Waals surface area (Å²) in [6.07, 6.45) is 1.85. The van der Waals surface area contributed by atoms with E-state index in [1.165, 1.54) is 11.3 Å². The van der Waals surface area contributed by atoms with Gasteiger partial charge in [0.1, 0.15) is 0 Å². The van der Waals surface area contributed by atoms with E-state index >= 15 is 0 Å².